The average molecular weight is 167 g/mol. The molecule has 0 radical (unpaired) electrons. The molecule has 1 nitrogen and oxygen atoms in total. The van der Waals surface area contributed by atoms with E-state index in [0.29, 0.717) is 0 Å². The highest BCUT2D eigenvalue weighted by atomic mass is 14.2. The fourth-order valence-electron chi connectivity index (χ4n) is 1.42. The van der Waals surface area contributed by atoms with Crippen LogP contribution in [0.25, 0.3) is 0 Å². The van der Waals surface area contributed by atoms with Gasteiger partial charge in [0, 0.05) is 6.57 Å². The molecule has 0 spiro atoms. The summed E-state index contributed by atoms with van der Waals surface area (Å²) in [7, 11) is 0. The quantitative estimate of drug-likeness (QED) is 0.543. The van der Waals surface area contributed by atoms with Crippen molar-refractivity contribution < 1.29 is 0 Å². The zero-order valence-electron chi connectivity index (χ0n) is 8.59. The lowest BCUT2D eigenvalue weighted by Gasteiger charge is -1.96. The number of hydrogen-bond acceptors (Lipinski definition) is 1. The summed E-state index contributed by atoms with van der Waals surface area (Å²) in [4.78, 5) is 0. The van der Waals surface area contributed by atoms with Gasteiger partial charge in [-0.1, -0.05) is 38.8 Å². The van der Waals surface area contributed by atoms with Crippen molar-refractivity contribution in [2.24, 2.45) is 5.92 Å². The lowest BCUT2D eigenvalue weighted by atomic mass is 10.1. The second kappa shape index (κ2) is 12.9. The number of hydrogen-bond donors (Lipinski definition) is 0. The SMILES string of the molecule is C#N.C/C=C/C1CCCC1.CC. The zero-order chi connectivity index (χ0) is 9.82. The summed E-state index contributed by atoms with van der Waals surface area (Å²) in [5.41, 5.74) is 0. The smallest absolute Gasteiger partial charge is 0.0462 e. The molecule has 0 amide bonds. The summed E-state index contributed by atoms with van der Waals surface area (Å²) >= 11 is 0. The van der Waals surface area contributed by atoms with Crippen LogP contribution in [-0.2, 0) is 0 Å². The summed E-state index contributed by atoms with van der Waals surface area (Å²) in [6, 6.07) is 0. The van der Waals surface area contributed by atoms with Crippen molar-refractivity contribution in [1.82, 2.24) is 0 Å². The summed E-state index contributed by atoms with van der Waals surface area (Å²) in [6.45, 7) is 9.61. The van der Waals surface area contributed by atoms with Gasteiger partial charge < -0.3 is 0 Å². The Morgan fingerprint density at radius 2 is 1.58 bits per heavy atom. The zero-order valence-corrected chi connectivity index (χ0v) is 8.59. The molecular formula is C11H21N. The molecule has 0 atom stereocenters. The van der Waals surface area contributed by atoms with Gasteiger partial charge >= 0.3 is 0 Å². The van der Waals surface area contributed by atoms with Crippen molar-refractivity contribution in [1.29, 1.82) is 5.26 Å². The van der Waals surface area contributed by atoms with Crippen LogP contribution in [0.3, 0.4) is 0 Å². The van der Waals surface area contributed by atoms with E-state index in [1.807, 2.05) is 13.8 Å². The molecule has 1 aliphatic carbocycles. The van der Waals surface area contributed by atoms with E-state index in [4.69, 9.17) is 5.26 Å². The molecule has 1 fully saturated rings. The van der Waals surface area contributed by atoms with E-state index in [-0.39, 0.29) is 0 Å². The van der Waals surface area contributed by atoms with Crippen LogP contribution in [0.5, 0.6) is 0 Å². The molecule has 0 aromatic rings. The predicted molar refractivity (Wildman–Crippen MR) is 54.8 cm³/mol. The molecule has 0 aromatic heterocycles. The summed E-state index contributed by atoms with van der Waals surface area (Å²) in [5, 5.41) is 6.50. The molecule has 1 rings (SSSR count). The van der Waals surface area contributed by atoms with Crippen molar-refractivity contribution in [2.45, 2.75) is 46.5 Å². The maximum absolute atomic E-state index is 6.50. The second-order valence-corrected chi connectivity index (χ2v) is 2.57. The fourth-order valence-corrected chi connectivity index (χ4v) is 1.42. The Hall–Kier alpha value is -0.770. The molecule has 0 N–H and O–H groups in total. The second-order valence-electron chi connectivity index (χ2n) is 2.57. The van der Waals surface area contributed by atoms with Gasteiger partial charge in [0.1, 0.15) is 0 Å². The van der Waals surface area contributed by atoms with Crippen LogP contribution in [-0.4, -0.2) is 0 Å². The maximum atomic E-state index is 6.50. The van der Waals surface area contributed by atoms with E-state index in [2.05, 4.69) is 25.6 Å². The summed E-state index contributed by atoms with van der Waals surface area (Å²) in [6.07, 6.45) is 10.3. The highest BCUT2D eigenvalue weighted by Gasteiger charge is 2.09. The minimum Gasteiger partial charge on any atom is -0.202 e. The van der Waals surface area contributed by atoms with E-state index in [1.54, 1.807) is 0 Å². The third-order valence-corrected chi connectivity index (χ3v) is 1.86. The van der Waals surface area contributed by atoms with Gasteiger partial charge in [0.25, 0.3) is 0 Å². The average Bonchev–Trinajstić information content (AvgIpc) is 2.65. The van der Waals surface area contributed by atoms with E-state index >= 15 is 0 Å². The molecule has 0 aliphatic heterocycles. The number of allylic oxidation sites excluding steroid dienone is 2. The number of nitriles is 1. The Bertz CT molecular complexity index is 107. The van der Waals surface area contributed by atoms with Crippen LogP contribution in [0.2, 0.25) is 0 Å². The van der Waals surface area contributed by atoms with Crippen LogP contribution < -0.4 is 0 Å². The van der Waals surface area contributed by atoms with Gasteiger partial charge in [-0.25, -0.2) is 5.26 Å². The van der Waals surface area contributed by atoms with Crippen molar-refractivity contribution >= 4 is 0 Å². The van der Waals surface area contributed by atoms with Crippen molar-refractivity contribution in [3.05, 3.63) is 12.2 Å². The summed E-state index contributed by atoms with van der Waals surface area (Å²) in [5.74, 6) is 0.931. The molecule has 0 aromatic carbocycles. The van der Waals surface area contributed by atoms with Gasteiger partial charge in [0.05, 0.1) is 0 Å². The Balaban J connectivity index is 0. The van der Waals surface area contributed by atoms with Crippen molar-refractivity contribution in [3.63, 3.8) is 0 Å². The van der Waals surface area contributed by atoms with E-state index in [0.717, 1.165) is 5.92 Å². The molecule has 0 heterocycles. The first-order valence-corrected chi connectivity index (χ1v) is 4.82. The van der Waals surface area contributed by atoms with Crippen LogP contribution in [0.4, 0.5) is 0 Å². The van der Waals surface area contributed by atoms with Crippen LogP contribution in [0.1, 0.15) is 46.5 Å². The summed E-state index contributed by atoms with van der Waals surface area (Å²) < 4.78 is 0. The Labute approximate surface area is 77.1 Å². The van der Waals surface area contributed by atoms with Crippen LogP contribution in [0.15, 0.2) is 12.2 Å². The van der Waals surface area contributed by atoms with Crippen molar-refractivity contribution in [3.8, 4) is 6.57 Å². The molecule has 0 unspecified atom stereocenters. The minimum atomic E-state index is 0.931. The van der Waals surface area contributed by atoms with Gasteiger partial charge in [-0.15, -0.1) is 0 Å². The van der Waals surface area contributed by atoms with Gasteiger partial charge in [-0.05, 0) is 25.7 Å². The number of rotatable bonds is 1. The fraction of sp³-hybridized carbons (Fsp3) is 0.727. The highest BCUT2D eigenvalue weighted by Crippen LogP contribution is 2.25. The lowest BCUT2D eigenvalue weighted by Crippen LogP contribution is -1.83. The van der Waals surface area contributed by atoms with E-state index < -0.39 is 0 Å². The lowest BCUT2D eigenvalue weighted by molar-refractivity contribution is 0.685. The first-order valence-electron chi connectivity index (χ1n) is 4.82. The highest BCUT2D eigenvalue weighted by molar-refractivity contribution is 4.87. The van der Waals surface area contributed by atoms with Crippen LogP contribution in [0, 0.1) is 17.8 Å². The topological polar surface area (TPSA) is 23.8 Å². The standard InChI is InChI=1S/C8H14.C2H6.CHN/c1-2-5-8-6-3-4-7-8;2*1-2/h2,5,8H,3-4,6-7H2,1H3;1-2H3;1H/b5-2+;;. The normalized spacial score (nSPS) is 16.1. The van der Waals surface area contributed by atoms with E-state index in [1.165, 1.54) is 25.7 Å². The molecule has 1 aliphatic rings. The van der Waals surface area contributed by atoms with Gasteiger partial charge in [0.2, 0.25) is 0 Å². The van der Waals surface area contributed by atoms with Gasteiger partial charge in [0.15, 0.2) is 0 Å². The van der Waals surface area contributed by atoms with Crippen LogP contribution >= 0.6 is 0 Å². The Kier molecular flexibility index (Phi) is 14.8. The largest absolute Gasteiger partial charge is 0.202 e. The number of nitrogens with zero attached hydrogens (tertiary/aromatic N) is 1. The van der Waals surface area contributed by atoms with Gasteiger partial charge in [-0.3, -0.25) is 0 Å². The Morgan fingerprint density at radius 3 is 1.92 bits per heavy atom. The first-order chi connectivity index (χ1) is 5.93. The predicted octanol–water partition coefficient (Wildman–Crippen LogP) is 3.92. The van der Waals surface area contributed by atoms with Crippen molar-refractivity contribution in [2.75, 3.05) is 0 Å². The molecular weight excluding hydrogens is 146 g/mol. The third-order valence-electron chi connectivity index (χ3n) is 1.86. The molecule has 12 heavy (non-hydrogen) atoms. The molecule has 1 saturated carbocycles. The third kappa shape index (κ3) is 7.34. The minimum absolute atomic E-state index is 0.931. The first kappa shape index (κ1) is 13.8. The monoisotopic (exact) mass is 167 g/mol. The molecule has 70 valence electrons. The maximum Gasteiger partial charge on any atom is 0.0462 e. The molecule has 1 heteroatoms. The molecule has 0 saturated heterocycles. The van der Waals surface area contributed by atoms with E-state index in [9.17, 15) is 0 Å². The Morgan fingerprint density at radius 1 is 1.17 bits per heavy atom. The van der Waals surface area contributed by atoms with Gasteiger partial charge in [-0.2, -0.15) is 0 Å². The molecule has 0 bridgehead atoms.